The summed E-state index contributed by atoms with van der Waals surface area (Å²) in [7, 11) is 0. The van der Waals surface area contributed by atoms with Gasteiger partial charge in [0.15, 0.2) is 0 Å². The lowest BCUT2D eigenvalue weighted by molar-refractivity contribution is 0.105. The number of nitrogens with one attached hydrogen (secondary N) is 1. The summed E-state index contributed by atoms with van der Waals surface area (Å²) in [6.07, 6.45) is -0.855. The number of aliphatic hydroxyl groups is 2. The number of hydrogen-bond donors (Lipinski definition) is 3. The number of nitriles is 1. The maximum atomic E-state index is 9.18. The minimum absolute atomic E-state index is 0.171. The number of halogens is 1. The fraction of sp³-hybridized carbons (Fsp3) is 0.364. The maximum Gasteiger partial charge on any atom is 0.101 e. The van der Waals surface area contributed by atoms with Gasteiger partial charge in [-0.25, -0.2) is 0 Å². The van der Waals surface area contributed by atoms with Gasteiger partial charge in [0.05, 0.1) is 24.0 Å². The first kappa shape index (κ1) is 12.8. The van der Waals surface area contributed by atoms with E-state index in [-0.39, 0.29) is 13.2 Å². The molecule has 0 aliphatic carbocycles. The zero-order valence-corrected chi connectivity index (χ0v) is 9.62. The smallest absolute Gasteiger partial charge is 0.101 e. The first-order chi connectivity index (χ1) is 7.58. The van der Waals surface area contributed by atoms with Crippen LogP contribution in [-0.4, -0.2) is 29.5 Å². The van der Waals surface area contributed by atoms with Crippen LogP contribution < -0.4 is 5.32 Å². The number of aryl methyl sites for hydroxylation is 1. The normalized spacial score (nSPS) is 11.9. The molecule has 0 amide bonds. The second kappa shape index (κ2) is 5.71. The first-order valence-corrected chi connectivity index (χ1v) is 5.19. The molecule has 0 heterocycles. The van der Waals surface area contributed by atoms with Crippen molar-refractivity contribution in [3.05, 3.63) is 28.3 Å². The Labute approximate surface area is 99.1 Å². The summed E-state index contributed by atoms with van der Waals surface area (Å²) >= 11 is 5.93. The summed E-state index contributed by atoms with van der Waals surface area (Å²) in [5, 5.41) is 30.2. The van der Waals surface area contributed by atoms with Crippen LogP contribution in [-0.2, 0) is 0 Å². The summed E-state index contributed by atoms with van der Waals surface area (Å²) < 4.78 is 0. The molecule has 1 rings (SSSR count). The predicted molar refractivity (Wildman–Crippen MR) is 62.5 cm³/mol. The van der Waals surface area contributed by atoms with Crippen molar-refractivity contribution >= 4 is 17.3 Å². The van der Waals surface area contributed by atoms with Gasteiger partial charge in [-0.1, -0.05) is 11.6 Å². The van der Waals surface area contributed by atoms with E-state index in [0.29, 0.717) is 16.3 Å². The Morgan fingerprint density at radius 1 is 1.56 bits per heavy atom. The fourth-order valence-corrected chi connectivity index (χ4v) is 1.38. The predicted octanol–water partition coefficient (Wildman–Crippen LogP) is 1.29. The van der Waals surface area contributed by atoms with Gasteiger partial charge in [0.1, 0.15) is 6.07 Å². The van der Waals surface area contributed by atoms with Crippen molar-refractivity contribution in [2.45, 2.75) is 13.0 Å². The number of rotatable bonds is 4. The minimum atomic E-state index is -0.855. The van der Waals surface area contributed by atoms with E-state index < -0.39 is 6.10 Å². The molecule has 3 N–H and O–H groups in total. The van der Waals surface area contributed by atoms with Crippen molar-refractivity contribution < 1.29 is 10.2 Å². The molecule has 1 aromatic carbocycles. The summed E-state index contributed by atoms with van der Waals surface area (Å²) in [6, 6.07) is 5.36. The third kappa shape index (κ3) is 3.11. The number of anilines is 1. The van der Waals surface area contributed by atoms with Gasteiger partial charge in [-0.05, 0) is 24.6 Å². The largest absolute Gasteiger partial charge is 0.394 e. The van der Waals surface area contributed by atoms with E-state index in [1.54, 1.807) is 12.1 Å². The number of hydrogen-bond acceptors (Lipinski definition) is 4. The lowest BCUT2D eigenvalue weighted by Gasteiger charge is -2.12. The molecule has 16 heavy (non-hydrogen) atoms. The van der Waals surface area contributed by atoms with E-state index in [9.17, 15) is 5.11 Å². The molecule has 0 aliphatic heterocycles. The van der Waals surface area contributed by atoms with E-state index in [4.69, 9.17) is 22.0 Å². The Hall–Kier alpha value is -1.28. The van der Waals surface area contributed by atoms with Crippen molar-refractivity contribution in [3.8, 4) is 6.07 Å². The SMILES string of the molecule is Cc1cc(C#N)c(NCC(O)CO)cc1Cl. The third-order valence-corrected chi connectivity index (χ3v) is 2.57. The lowest BCUT2D eigenvalue weighted by Crippen LogP contribution is -2.23. The topological polar surface area (TPSA) is 76.3 Å². The zero-order valence-electron chi connectivity index (χ0n) is 8.87. The van der Waals surface area contributed by atoms with Crippen LogP contribution in [0.2, 0.25) is 5.02 Å². The van der Waals surface area contributed by atoms with Crippen molar-refractivity contribution in [2.75, 3.05) is 18.5 Å². The zero-order chi connectivity index (χ0) is 12.1. The van der Waals surface area contributed by atoms with E-state index in [1.807, 2.05) is 13.0 Å². The van der Waals surface area contributed by atoms with E-state index in [2.05, 4.69) is 5.32 Å². The van der Waals surface area contributed by atoms with E-state index >= 15 is 0 Å². The highest BCUT2D eigenvalue weighted by Crippen LogP contribution is 2.24. The lowest BCUT2D eigenvalue weighted by atomic mass is 10.1. The second-order valence-electron chi connectivity index (χ2n) is 3.48. The molecule has 0 bridgehead atoms. The Balaban J connectivity index is 2.87. The molecule has 0 aliphatic rings. The molecule has 0 saturated heterocycles. The fourth-order valence-electron chi connectivity index (χ4n) is 1.21. The molecule has 86 valence electrons. The highest BCUT2D eigenvalue weighted by Gasteiger charge is 2.07. The molecule has 4 nitrogen and oxygen atoms in total. The Morgan fingerprint density at radius 2 is 2.25 bits per heavy atom. The van der Waals surface area contributed by atoms with Crippen molar-refractivity contribution in [2.24, 2.45) is 0 Å². The van der Waals surface area contributed by atoms with Crippen LogP contribution in [0.15, 0.2) is 12.1 Å². The number of benzene rings is 1. The van der Waals surface area contributed by atoms with Crippen LogP contribution in [0.5, 0.6) is 0 Å². The summed E-state index contributed by atoms with van der Waals surface area (Å²) in [4.78, 5) is 0. The van der Waals surface area contributed by atoms with Crippen molar-refractivity contribution in [3.63, 3.8) is 0 Å². The van der Waals surface area contributed by atoms with Gasteiger partial charge in [0, 0.05) is 11.6 Å². The second-order valence-corrected chi connectivity index (χ2v) is 3.88. The molecule has 0 aromatic heterocycles. The summed E-state index contributed by atoms with van der Waals surface area (Å²) in [5.74, 6) is 0. The first-order valence-electron chi connectivity index (χ1n) is 4.81. The standard InChI is InChI=1S/C11H13ClN2O2/c1-7-2-8(4-13)11(3-10(7)12)14-5-9(16)6-15/h2-3,9,14-16H,5-6H2,1H3. The quantitative estimate of drug-likeness (QED) is 0.741. The number of aliphatic hydroxyl groups excluding tert-OH is 2. The van der Waals surface area contributed by atoms with Gasteiger partial charge >= 0.3 is 0 Å². The van der Waals surface area contributed by atoms with Crippen LogP contribution in [0.1, 0.15) is 11.1 Å². The monoisotopic (exact) mass is 240 g/mol. The molecular weight excluding hydrogens is 228 g/mol. The average molecular weight is 241 g/mol. The minimum Gasteiger partial charge on any atom is -0.394 e. The van der Waals surface area contributed by atoms with Crippen LogP contribution in [0, 0.1) is 18.3 Å². The summed E-state index contributed by atoms with van der Waals surface area (Å²) in [6.45, 7) is 1.66. The molecule has 5 heteroatoms. The highest BCUT2D eigenvalue weighted by molar-refractivity contribution is 6.31. The van der Waals surface area contributed by atoms with Crippen molar-refractivity contribution in [1.82, 2.24) is 0 Å². The van der Waals surface area contributed by atoms with Crippen LogP contribution in [0.25, 0.3) is 0 Å². The Bertz CT molecular complexity index is 415. The molecular formula is C11H13ClN2O2. The molecule has 1 aromatic rings. The Morgan fingerprint density at radius 3 is 2.81 bits per heavy atom. The molecule has 1 unspecified atom stereocenters. The Kier molecular flexibility index (Phi) is 4.56. The van der Waals surface area contributed by atoms with Gasteiger partial charge in [0.25, 0.3) is 0 Å². The molecule has 0 fully saturated rings. The van der Waals surface area contributed by atoms with Gasteiger partial charge in [-0.2, -0.15) is 5.26 Å². The van der Waals surface area contributed by atoms with Crippen LogP contribution >= 0.6 is 11.6 Å². The average Bonchev–Trinajstić information content (AvgIpc) is 2.29. The molecule has 0 spiro atoms. The molecule has 0 radical (unpaired) electrons. The van der Waals surface area contributed by atoms with Crippen molar-refractivity contribution in [1.29, 1.82) is 5.26 Å². The highest BCUT2D eigenvalue weighted by atomic mass is 35.5. The van der Waals surface area contributed by atoms with E-state index in [0.717, 1.165) is 5.56 Å². The summed E-state index contributed by atoms with van der Waals surface area (Å²) in [5.41, 5.74) is 1.85. The van der Waals surface area contributed by atoms with Crippen LogP contribution in [0.3, 0.4) is 0 Å². The van der Waals surface area contributed by atoms with E-state index in [1.165, 1.54) is 0 Å². The van der Waals surface area contributed by atoms with Crippen LogP contribution in [0.4, 0.5) is 5.69 Å². The van der Waals surface area contributed by atoms with Gasteiger partial charge in [-0.15, -0.1) is 0 Å². The third-order valence-electron chi connectivity index (χ3n) is 2.16. The maximum absolute atomic E-state index is 9.18. The van der Waals surface area contributed by atoms with Gasteiger partial charge in [0.2, 0.25) is 0 Å². The molecule has 0 saturated carbocycles. The van der Waals surface area contributed by atoms with Gasteiger partial charge < -0.3 is 15.5 Å². The number of nitrogens with zero attached hydrogens (tertiary/aromatic N) is 1. The molecule has 1 atom stereocenters. The van der Waals surface area contributed by atoms with Gasteiger partial charge in [-0.3, -0.25) is 0 Å².